The zero-order valence-corrected chi connectivity index (χ0v) is 15.0. The lowest BCUT2D eigenvalue weighted by Crippen LogP contribution is -2.51. The SMILES string of the molecule is CC(C)(CN)NC(=O)CNS(=O)(=O)c1ccc(OC(F)(F)F)cc1.Cl. The number of hydrogen-bond acceptors (Lipinski definition) is 5. The Morgan fingerprint density at radius 2 is 1.72 bits per heavy atom. The normalized spacial score (nSPS) is 12.2. The number of halogens is 4. The summed E-state index contributed by atoms with van der Waals surface area (Å²) in [6.07, 6.45) is -4.87. The molecule has 144 valence electrons. The fourth-order valence-electron chi connectivity index (χ4n) is 1.54. The molecule has 0 spiro atoms. The highest BCUT2D eigenvalue weighted by Crippen LogP contribution is 2.23. The summed E-state index contributed by atoms with van der Waals surface area (Å²) in [7, 11) is -4.06. The molecule has 0 radical (unpaired) electrons. The van der Waals surface area contributed by atoms with Gasteiger partial charge in [-0.2, -0.15) is 0 Å². The van der Waals surface area contributed by atoms with Crippen LogP contribution in [0, 0.1) is 0 Å². The molecule has 0 aliphatic rings. The van der Waals surface area contributed by atoms with Gasteiger partial charge in [-0.15, -0.1) is 25.6 Å². The predicted molar refractivity (Wildman–Crippen MR) is 86.8 cm³/mol. The first-order valence-electron chi connectivity index (χ1n) is 6.71. The van der Waals surface area contributed by atoms with Gasteiger partial charge in [-0.3, -0.25) is 4.79 Å². The van der Waals surface area contributed by atoms with Crippen molar-refractivity contribution in [1.29, 1.82) is 0 Å². The van der Waals surface area contributed by atoms with Crippen LogP contribution in [0.25, 0.3) is 0 Å². The Morgan fingerprint density at radius 3 is 2.16 bits per heavy atom. The van der Waals surface area contributed by atoms with E-state index >= 15 is 0 Å². The Hall–Kier alpha value is -1.56. The molecule has 1 rings (SSSR count). The number of alkyl halides is 3. The zero-order valence-electron chi connectivity index (χ0n) is 13.4. The lowest BCUT2D eigenvalue weighted by atomic mass is 10.1. The van der Waals surface area contributed by atoms with Gasteiger partial charge in [-0.1, -0.05) is 0 Å². The van der Waals surface area contributed by atoms with E-state index in [1.165, 1.54) is 0 Å². The summed E-state index contributed by atoms with van der Waals surface area (Å²) in [5, 5.41) is 2.53. The number of sulfonamides is 1. The molecular weight excluding hydrogens is 387 g/mol. The largest absolute Gasteiger partial charge is 0.573 e. The van der Waals surface area contributed by atoms with E-state index in [0.29, 0.717) is 0 Å². The molecule has 0 saturated heterocycles. The summed E-state index contributed by atoms with van der Waals surface area (Å²) in [6.45, 7) is 2.95. The second-order valence-corrected chi connectivity index (χ2v) is 7.25. The molecule has 0 aliphatic carbocycles. The molecule has 0 heterocycles. The molecule has 1 aromatic rings. The van der Waals surface area contributed by atoms with Gasteiger partial charge in [-0.25, -0.2) is 13.1 Å². The number of nitrogens with two attached hydrogens (primary N) is 1. The number of rotatable bonds is 7. The van der Waals surface area contributed by atoms with Crippen molar-refractivity contribution in [3.8, 4) is 5.75 Å². The minimum atomic E-state index is -4.87. The lowest BCUT2D eigenvalue weighted by molar-refractivity contribution is -0.274. The van der Waals surface area contributed by atoms with Gasteiger partial charge >= 0.3 is 6.36 Å². The number of carbonyl (C=O) groups is 1. The Morgan fingerprint density at radius 1 is 1.20 bits per heavy atom. The van der Waals surface area contributed by atoms with E-state index in [9.17, 15) is 26.4 Å². The Kier molecular flexibility index (Phi) is 8.15. The number of amides is 1. The number of ether oxygens (including phenoxy) is 1. The summed E-state index contributed by atoms with van der Waals surface area (Å²) in [6, 6.07) is 3.59. The van der Waals surface area contributed by atoms with Crippen LogP contribution in [-0.2, 0) is 14.8 Å². The summed E-state index contributed by atoms with van der Waals surface area (Å²) in [5.74, 6) is -1.14. The zero-order chi connectivity index (χ0) is 18.6. The van der Waals surface area contributed by atoms with Crippen molar-refractivity contribution in [3.05, 3.63) is 24.3 Å². The van der Waals surface area contributed by atoms with Gasteiger partial charge in [0.05, 0.1) is 11.4 Å². The quantitative estimate of drug-likeness (QED) is 0.630. The second-order valence-electron chi connectivity index (χ2n) is 5.48. The summed E-state index contributed by atoms with van der Waals surface area (Å²) in [4.78, 5) is 11.4. The van der Waals surface area contributed by atoms with Crippen molar-refractivity contribution in [2.75, 3.05) is 13.1 Å². The number of carbonyl (C=O) groups excluding carboxylic acids is 1. The van der Waals surface area contributed by atoms with Crippen LogP contribution in [0.5, 0.6) is 5.75 Å². The second kappa shape index (κ2) is 8.70. The molecule has 0 saturated carbocycles. The number of hydrogen-bond donors (Lipinski definition) is 3. The third-order valence-corrected chi connectivity index (χ3v) is 4.20. The molecule has 7 nitrogen and oxygen atoms in total. The van der Waals surface area contributed by atoms with E-state index < -0.39 is 40.1 Å². The summed E-state index contributed by atoms with van der Waals surface area (Å²) < 4.78 is 65.8. The highest BCUT2D eigenvalue weighted by molar-refractivity contribution is 7.89. The molecule has 4 N–H and O–H groups in total. The molecule has 0 aliphatic heterocycles. The maximum atomic E-state index is 12.0. The van der Waals surface area contributed by atoms with E-state index in [2.05, 4.69) is 10.1 Å². The molecule has 0 atom stereocenters. The van der Waals surface area contributed by atoms with E-state index in [1.54, 1.807) is 13.8 Å². The Balaban J connectivity index is 0.00000576. The van der Waals surface area contributed by atoms with Gasteiger partial charge in [0.2, 0.25) is 15.9 Å². The number of benzene rings is 1. The van der Waals surface area contributed by atoms with Crippen LogP contribution >= 0.6 is 12.4 Å². The first-order chi connectivity index (χ1) is 10.8. The van der Waals surface area contributed by atoms with Gasteiger partial charge in [-0.05, 0) is 38.1 Å². The van der Waals surface area contributed by atoms with Crippen molar-refractivity contribution in [2.45, 2.75) is 30.6 Å². The van der Waals surface area contributed by atoms with Crippen molar-refractivity contribution in [3.63, 3.8) is 0 Å². The minimum Gasteiger partial charge on any atom is -0.406 e. The maximum Gasteiger partial charge on any atom is 0.573 e. The van der Waals surface area contributed by atoms with E-state index in [1.807, 2.05) is 4.72 Å². The van der Waals surface area contributed by atoms with Gasteiger partial charge in [0.25, 0.3) is 0 Å². The van der Waals surface area contributed by atoms with E-state index in [4.69, 9.17) is 5.73 Å². The minimum absolute atomic E-state index is 0. The highest BCUT2D eigenvalue weighted by atomic mass is 35.5. The smallest absolute Gasteiger partial charge is 0.406 e. The predicted octanol–water partition coefficient (Wildman–Crippen LogP) is 1.14. The highest BCUT2D eigenvalue weighted by Gasteiger charge is 2.31. The van der Waals surface area contributed by atoms with Crippen LogP contribution in [0.15, 0.2) is 29.2 Å². The maximum absolute atomic E-state index is 12.0. The monoisotopic (exact) mass is 405 g/mol. The van der Waals surface area contributed by atoms with Gasteiger partial charge < -0.3 is 15.8 Å². The van der Waals surface area contributed by atoms with E-state index in [0.717, 1.165) is 24.3 Å². The summed E-state index contributed by atoms with van der Waals surface area (Å²) >= 11 is 0. The summed E-state index contributed by atoms with van der Waals surface area (Å²) in [5.41, 5.74) is 4.74. The number of nitrogens with one attached hydrogen (secondary N) is 2. The average Bonchev–Trinajstić information content (AvgIpc) is 2.44. The van der Waals surface area contributed by atoms with Gasteiger partial charge in [0, 0.05) is 12.1 Å². The van der Waals surface area contributed by atoms with Crippen LogP contribution in [0.1, 0.15) is 13.8 Å². The van der Waals surface area contributed by atoms with Crippen LogP contribution < -0.4 is 20.5 Å². The Labute approximate surface area is 149 Å². The van der Waals surface area contributed by atoms with Crippen molar-refractivity contribution >= 4 is 28.3 Å². The Bertz CT molecular complexity index is 679. The molecule has 0 fully saturated rings. The van der Waals surface area contributed by atoms with Crippen LogP contribution in [0.2, 0.25) is 0 Å². The van der Waals surface area contributed by atoms with Gasteiger partial charge in [0.1, 0.15) is 5.75 Å². The fourth-order valence-corrected chi connectivity index (χ4v) is 2.52. The van der Waals surface area contributed by atoms with Crippen molar-refractivity contribution < 1.29 is 31.1 Å². The van der Waals surface area contributed by atoms with Crippen molar-refractivity contribution in [2.24, 2.45) is 5.73 Å². The molecule has 0 aromatic heterocycles. The molecule has 1 amide bonds. The first kappa shape index (κ1) is 23.4. The third-order valence-electron chi connectivity index (χ3n) is 2.78. The molecular formula is C13H19ClF3N3O4S. The standard InChI is InChI=1S/C13H18F3N3O4S.ClH/c1-12(2,8-17)19-11(20)7-18-24(21,22)10-5-3-9(4-6-10)23-13(14,15)16;/h3-6,18H,7-8,17H2,1-2H3,(H,19,20);1H. The first-order valence-corrected chi connectivity index (χ1v) is 8.19. The average molecular weight is 406 g/mol. The van der Waals surface area contributed by atoms with Crippen LogP contribution in [0.3, 0.4) is 0 Å². The molecule has 0 unspecified atom stereocenters. The van der Waals surface area contributed by atoms with Gasteiger partial charge in [0.15, 0.2) is 0 Å². The lowest BCUT2D eigenvalue weighted by Gasteiger charge is -2.24. The molecule has 0 bridgehead atoms. The van der Waals surface area contributed by atoms with E-state index in [-0.39, 0.29) is 23.8 Å². The van der Waals surface area contributed by atoms with Crippen LogP contribution in [0.4, 0.5) is 13.2 Å². The van der Waals surface area contributed by atoms with Crippen molar-refractivity contribution in [1.82, 2.24) is 10.0 Å². The van der Waals surface area contributed by atoms with Crippen LogP contribution in [-0.4, -0.2) is 39.3 Å². The molecule has 25 heavy (non-hydrogen) atoms. The topological polar surface area (TPSA) is 111 Å². The molecule has 12 heteroatoms. The third kappa shape index (κ3) is 8.38. The molecule has 1 aromatic carbocycles. The fraction of sp³-hybridized carbons (Fsp3) is 0.462.